The Bertz CT molecular complexity index is 2170. The molecule has 1 unspecified atom stereocenters. The highest BCUT2D eigenvalue weighted by molar-refractivity contribution is 6.31. The number of aromatic nitrogens is 2. The van der Waals surface area contributed by atoms with E-state index < -0.39 is 46.3 Å². The largest absolute Gasteiger partial charge is 0.490 e. The van der Waals surface area contributed by atoms with Gasteiger partial charge in [-0.2, -0.15) is 5.26 Å². The van der Waals surface area contributed by atoms with Gasteiger partial charge < -0.3 is 19.7 Å². The van der Waals surface area contributed by atoms with E-state index in [-0.39, 0.29) is 60.1 Å². The summed E-state index contributed by atoms with van der Waals surface area (Å²) in [6, 6.07) is 11.3. The number of carbonyl (C=O) groups is 5. The molecular weight excluding hydrogens is 759 g/mol. The van der Waals surface area contributed by atoms with Crippen LogP contribution in [0.25, 0.3) is 0 Å². The summed E-state index contributed by atoms with van der Waals surface area (Å²) in [4.78, 5) is 68.3. The summed E-state index contributed by atoms with van der Waals surface area (Å²) < 4.78 is 27.0. The second-order valence-electron chi connectivity index (χ2n) is 15.9. The zero-order valence-electron chi connectivity index (χ0n) is 31.9. The number of fused-ring (bicyclic) bond motifs is 1. The standard InChI is InChI=1S/C40H42ClFN8O7/c1-39(2)37(40(3,4)38(39)57-23-7-6-22(21-43)26(41)18-23)45-33(52)28-8-10-31(47-46-28)49-15-13-48(14-16-49)12-5-17-56-30-20-25-24(19-27(30)42)35(54)50(36(25)55)29-9-11-32(51)44-34(29)53/h6-8,10,18-20,29,37-38H,5,9,11-17H2,1-4H3,(H,45,52)(H,44,51,53)/t29?,37-,38-. The molecule has 3 aromatic rings. The first-order valence-electron chi connectivity index (χ1n) is 18.8. The number of hydrogen-bond donors (Lipinski definition) is 2. The molecule has 1 saturated carbocycles. The average molecular weight is 801 g/mol. The van der Waals surface area contributed by atoms with Crippen LogP contribution in [-0.2, 0) is 9.59 Å². The number of nitrogens with one attached hydrogen (secondary N) is 2. The summed E-state index contributed by atoms with van der Waals surface area (Å²) in [7, 11) is 0. The third-order valence-electron chi connectivity index (χ3n) is 11.4. The van der Waals surface area contributed by atoms with E-state index in [1.54, 1.807) is 30.3 Å². The Hall–Kier alpha value is -5.66. The number of piperazine rings is 1. The van der Waals surface area contributed by atoms with E-state index in [4.69, 9.17) is 21.1 Å². The highest BCUT2D eigenvalue weighted by atomic mass is 35.5. The fourth-order valence-corrected chi connectivity index (χ4v) is 8.88. The second-order valence-corrected chi connectivity index (χ2v) is 16.3. The van der Waals surface area contributed by atoms with Gasteiger partial charge in [0, 0.05) is 62.1 Å². The van der Waals surface area contributed by atoms with Crippen LogP contribution in [0.3, 0.4) is 0 Å². The molecule has 298 valence electrons. The lowest BCUT2D eigenvalue weighted by Crippen LogP contribution is -2.74. The highest BCUT2D eigenvalue weighted by Crippen LogP contribution is 2.55. The summed E-state index contributed by atoms with van der Waals surface area (Å²) in [5, 5.41) is 23.4. The van der Waals surface area contributed by atoms with Crippen molar-refractivity contribution in [2.45, 2.75) is 65.1 Å². The molecule has 1 atom stereocenters. The van der Waals surface area contributed by atoms with E-state index in [1.807, 2.05) is 33.8 Å². The van der Waals surface area contributed by atoms with E-state index in [2.05, 4.69) is 30.6 Å². The Balaban J connectivity index is 0.858. The minimum atomic E-state index is -1.14. The minimum Gasteiger partial charge on any atom is -0.490 e. The summed E-state index contributed by atoms with van der Waals surface area (Å²) >= 11 is 6.22. The van der Waals surface area contributed by atoms with E-state index in [9.17, 15) is 33.6 Å². The van der Waals surface area contributed by atoms with Crippen LogP contribution >= 0.6 is 11.6 Å². The van der Waals surface area contributed by atoms with Gasteiger partial charge in [-0.25, -0.2) is 4.39 Å². The minimum absolute atomic E-state index is 0.00580. The Labute approximate surface area is 333 Å². The lowest BCUT2D eigenvalue weighted by atomic mass is 9.49. The maximum Gasteiger partial charge on any atom is 0.272 e. The Kier molecular flexibility index (Phi) is 10.7. The van der Waals surface area contributed by atoms with Crippen molar-refractivity contribution in [1.29, 1.82) is 5.26 Å². The summed E-state index contributed by atoms with van der Waals surface area (Å²) in [6.45, 7) is 11.8. The smallest absolute Gasteiger partial charge is 0.272 e. The van der Waals surface area contributed by atoms with Crippen molar-refractivity contribution in [3.63, 3.8) is 0 Å². The summed E-state index contributed by atoms with van der Waals surface area (Å²) in [5.74, 6) is -2.81. The SMILES string of the molecule is CC1(C)[C@H](NC(=O)c2ccc(N3CCN(CCCOc4cc5c(cc4F)C(=O)N(C4CCC(=O)NC4=O)C5=O)CC3)nn2)C(C)(C)[C@H]1Oc1ccc(C#N)c(Cl)c1. The number of amides is 5. The number of piperidine rings is 1. The molecular formula is C40H42ClFN8O7. The third kappa shape index (κ3) is 7.49. The second kappa shape index (κ2) is 15.4. The number of halogens is 2. The molecule has 2 saturated heterocycles. The van der Waals surface area contributed by atoms with Crippen molar-refractivity contribution in [1.82, 2.24) is 30.6 Å². The van der Waals surface area contributed by atoms with Gasteiger partial charge in [-0.3, -0.25) is 39.1 Å². The quantitative estimate of drug-likeness (QED) is 0.212. The molecule has 0 bridgehead atoms. The Morgan fingerprint density at radius 3 is 2.33 bits per heavy atom. The van der Waals surface area contributed by atoms with E-state index in [1.165, 1.54) is 6.07 Å². The van der Waals surface area contributed by atoms with Crippen LogP contribution in [0.4, 0.5) is 10.2 Å². The van der Waals surface area contributed by atoms with Crippen LogP contribution in [0.5, 0.6) is 11.5 Å². The number of imide groups is 2. The lowest BCUT2D eigenvalue weighted by molar-refractivity contribution is -0.164. The zero-order chi connectivity index (χ0) is 40.8. The molecule has 4 aliphatic rings. The first kappa shape index (κ1) is 39.6. The molecule has 57 heavy (non-hydrogen) atoms. The van der Waals surface area contributed by atoms with Crippen LogP contribution in [0.2, 0.25) is 5.02 Å². The van der Waals surface area contributed by atoms with Crippen LogP contribution in [-0.4, -0.2) is 107 Å². The molecule has 2 N–H and O–H groups in total. The van der Waals surface area contributed by atoms with Crippen molar-refractivity contribution in [3.8, 4) is 17.6 Å². The fraction of sp³-hybridized carbons (Fsp3) is 0.450. The molecule has 0 spiro atoms. The maximum absolute atomic E-state index is 14.9. The predicted molar refractivity (Wildman–Crippen MR) is 203 cm³/mol. The number of rotatable bonds is 11. The highest BCUT2D eigenvalue weighted by Gasteiger charge is 2.64. The first-order chi connectivity index (χ1) is 27.1. The summed E-state index contributed by atoms with van der Waals surface area (Å²) in [6.07, 6.45) is 0.321. The van der Waals surface area contributed by atoms with Gasteiger partial charge in [-0.15, -0.1) is 10.2 Å². The molecule has 17 heteroatoms. The number of nitriles is 1. The summed E-state index contributed by atoms with van der Waals surface area (Å²) in [5.41, 5.74) is -0.481. The normalized spacial score (nSPS) is 22.6. The molecule has 1 aliphatic carbocycles. The Morgan fingerprint density at radius 1 is 1.00 bits per heavy atom. The van der Waals surface area contributed by atoms with Crippen LogP contribution in [0, 0.1) is 28.0 Å². The van der Waals surface area contributed by atoms with Gasteiger partial charge in [0.15, 0.2) is 23.1 Å². The average Bonchev–Trinajstić information content (AvgIpc) is 3.41. The molecule has 15 nitrogen and oxygen atoms in total. The van der Waals surface area contributed by atoms with Gasteiger partial charge in [0.05, 0.1) is 28.3 Å². The molecule has 1 aromatic heterocycles. The fourth-order valence-electron chi connectivity index (χ4n) is 8.67. The third-order valence-corrected chi connectivity index (χ3v) is 11.7. The number of anilines is 1. The Morgan fingerprint density at radius 2 is 1.70 bits per heavy atom. The predicted octanol–water partition coefficient (Wildman–Crippen LogP) is 3.75. The number of nitrogens with zero attached hydrogens (tertiary/aromatic N) is 6. The van der Waals surface area contributed by atoms with Gasteiger partial charge in [-0.05, 0) is 49.2 Å². The van der Waals surface area contributed by atoms with Crippen molar-refractivity contribution in [2.75, 3.05) is 44.2 Å². The lowest BCUT2D eigenvalue weighted by Gasteiger charge is -2.63. The van der Waals surface area contributed by atoms with Crippen molar-refractivity contribution < 1.29 is 37.8 Å². The van der Waals surface area contributed by atoms with Crippen molar-refractivity contribution >= 4 is 47.0 Å². The van der Waals surface area contributed by atoms with Gasteiger partial charge in [0.1, 0.15) is 24.0 Å². The molecule has 7 rings (SSSR count). The van der Waals surface area contributed by atoms with Crippen LogP contribution in [0.1, 0.15) is 83.7 Å². The number of carbonyl (C=O) groups excluding carboxylic acids is 5. The van der Waals surface area contributed by atoms with Crippen LogP contribution < -0.4 is 25.0 Å². The topological polar surface area (TPSA) is 187 Å². The molecule has 0 radical (unpaired) electrons. The number of hydrogen-bond acceptors (Lipinski definition) is 12. The molecule has 4 heterocycles. The molecule has 5 amide bonds. The van der Waals surface area contributed by atoms with Gasteiger partial charge in [0.25, 0.3) is 17.7 Å². The van der Waals surface area contributed by atoms with E-state index >= 15 is 0 Å². The zero-order valence-corrected chi connectivity index (χ0v) is 32.7. The monoisotopic (exact) mass is 800 g/mol. The van der Waals surface area contributed by atoms with Gasteiger partial charge >= 0.3 is 0 Å². The molecule has 3 aliphatic heterocycles. The van der Waals surface area contributed by atoms with Crippen LogP contribution in [0.15, 0.2) is 42.5 Å². The van der Waals surface area contributed by atoms with Crippen molar-refractivity contribution in [2.24, 2.45) is 10.8 Å². The van der Waals surface area contributed by atoms with Gasteiger partial charge in [0.2, 0.25) is 11.8 Å². The molecule has 3 fully saturated rings. The number of benzene rings is 2. The van der Waals surface area contributed by atoms with E-state index in [0.29, 0.717) is 48.2 Å². The molecule has 2 aromatic carbocycles. The van der Waals surface area contributed by atoms with Gasteiger partial charge in [-0.1, -0.05) is 39.3 Å². The van der Waals surface area contributed by atoms with Crippen molar-refractivity contribution in [3.05, 3.63) is 75.7 Å². The maximum atomic E-state index is 14.9. The van der Waals surface area contributed by atoms with E-state index in [0.717, 1.165) is 24.1 Å². The first-order valence-corrected chi connectivity index (χ1v) is 19.1. The number of ether oxygens (including phenoxy) is 2.